The van der Waals surface area contributed by atoms with Crippen molar-refractivity contribution in [1.29, 1.82) is 0 Å². The number of hydrogen-bond donors (Lipinski definition) is 2. The normalized spacial score (nSPS) is 19.7. The van der Waals surface area contributed by atoms with Crippen molar-refractivity contribution in [2.75, 3.05) is 18.4 Å². The topological polar surface area (TPSA) is 132 Å². The molecule has 2 aromatic carbocycles. The van der Waals surface area contributed by atoms with E-state index in [9.17, 15) is 18.0 Å². The number of nitrogens with two attached hydrogens (primary N) is 1. The molecule has 1 aliphatic rings. The molecule has 2 heterocycles. The number of benzene rings is 2. The van der Waals surface area contributed by atoms with Crippen LogP contribution in [0.4, 0.5) is 5.69 Å². The van der Waals surface area contributed by atoms with Gasteiger partial charge in [-0.25, -0.2) is 8.42 Å². The second-order valence-corrected chi connectivity index (χ2v) is 9.66. The number of morpholine rings is 1. The van der Waals surface area contributed by atoms with Crippen molar-refractivity contribution in [3.8, 4) is 0 Å². The standard InChI is InChI=1S/C22H23N3O6S/c1-13-11-25(12-14(2)30-13)32(28,29)16-9-7-15(8-10-16)22(27)24-19-17-5-3-4-6-18(17)31-20(19)21(23)26/h3-10,13-14H,11-12H2,1-2H3,(H2,23,26)(H,24,27)/t13-,14-/m1/s1. The van der Waals surface area contributed by atoms with Crippen LogP contribution in [0.25, 0.3) is 11.0 Å². The number of sulfonamides is 1. The van der Waals surface area contributed by atoms with Gasteiger partial charge in [-0.1, -0.05) is 12.1 Å². The molecule has 32 heavy (non-hydrogen) atoms. The number of primary amides is 1. The molecule has 4 rings (SSSR count). The summed E-state index contributed by atoms with van der Waals surface area (Å²) in [5, 5.41) is 3.19. The predicted molar refractivity (Wildman–Crippen MR) is 118 cm³/mol. The van der Waals surface area contributed by atoms with E-state index in [1.807, 2.05) is 13.8 Å². The van der Waals surface area contributed by atoms with Gasteiger partial charge in [-0.3, -0.25) is 9.59 Å². The highest BCUT2D eigenvalue weighted by Gasteiger charge is 2.32. The van der Waals surface area contributed by atoms with Crippen LogP contribution in [0.2, 0.25) is 0 Å². The third-order valence-corrected chi connectivity index (χ3v) is 7.04. The first-order valence-electron chi connectivity index (χ1n) is 10.0. The summed E-state index contributed by atoms with van der Waals surface area (Å²) in [6.45, 7) is 4.17. The number of amides is 2. The maximum atomic E-state index is 13.0. The summed E-state index contributed by atoms with van der Waals surface area (Å²) in [6.07, 6.45) is -0.411. The maximum Gasteiger partial charge on any atom is 0.286 e. The molecule has 9 nitrogen and oxygen atoms in total. The van der Waals surface area contributed by atoms with Crippen molar-refractivity contribution in [1.82, 2.24) is 4.31 Å². The van der Waals surface area contributed by atoms with Crippen LogP contribution in [0.3, 0.4) is 0 Å². The second kappa shape index (κ2) is 8.38. The van der Waals surface area contributed by atoms with Gasteiger partial charge in [-0.15, -0.1) is 0 Å². The fourth-order valence-corrected chi connectivity index (χ4v) is 5.37. The third-order valence-electron chi connectivity index (χ3n) is 5.20. The Morgan fingerprint density at radius 3 is 2.28 bits per heavy atom. The molecule has 0 aliphatic carbocycles. The molecule has 2 amide bonds. The quantitative estimate of drug-likeness (QED) is 0.605. The van der Waals surface area contributed by atoms with Crippen LogP contribution in [0.15, 0.2) is 57.8 Å². The molecule has 1 aromatic heterocycles. The molecule has 3 N–H and O–H groups in total. The number of carbonyl (C=O) groups excluding carboxylic acids is 2. The lowest BCUT2D eigenvalue weighted by Gasteiger charge is -2.34. The van der Waals surface area contributed by atoms with Crippen molar-refractivity contribution in [2.45, 2.75) is 31.0 Å². The Morgan fingerprint density at radius 1 is 1.03 bits per heavy atom. The summed E-state index contributed by atoms with van der Waals surface area (Å²) in [4.78, 5) is 24.6. The summed E-state index contributed by atoms with van der Waals surface area (Å²) in [5.74, 6) is -1.50. The molecule has 10 heteroatoms. The van der Waals surface area contributed by atoms with Gasteiger partial charge in [0.1, 0.15) is 11.3 Å². The van der Waals surface area contributed by atoms with Gasteiger partial charge in [0.2, 0.25) is 15.8 Å². The Morgan fingerprint density at radius 2 is 1.66 bits per heavy atom. The first kappa shape index (κ1) is 22.0. The van der Waals surface area contributed by atoms with E-state index in [2.05, 4.69) is 5.32 Å². The van der Waals surface area contributed by atoms with Crippen molar-refractivity contribution in [2.24, 2.45) is 5.73 Å². The minimum Gasteiger partial charge on any atom is -0.449 e. The molecule has 0 spiro atoms. The second-order valence-electron chi connectivity index (χ2n) is 7.72. The van der Waals surface area contributed by atoms with Crippen molar-refractivity contribution in [3.05, 3.63) is 59.9 Å². The lowest BCUT2D eigenvalue weighted by Crippen LogP contribution is -2.48. The van der Waals surface area contributed by atoms with Gasteiger partial charge in [0.15, 0.2) is 0 Å². The van der Waals surface area contributed by atoms with E-state index >= 15 is 0 Å². The van der Waals surface area contributed by atoms with Crippen LogP contribution in [0, 0.1) is 0 Å². The van der Waals surface area contributed by atoms with Crippen LogP contribution in [0.1, 0.15) is 34.8 Å². The van der Waals surface area contributed by atoms with Crippen LogP contribution < -0.4 is 11.1 Å². The van der Waals surface area contributed by atoms with Crippen LogP contribution in [-0.2, 0) is 14.8 Å². The number of nitrogens with zero attached hydrogens (tertiary/aromatic N) is 1. The zero-order valence-corrected chi connectivity index (χ0v) is 18.4. The molecule has 1 fully saturated rings. The van der Waals surface area contributed by atoms with E-state index in [0.29, 0.717) is 11.0 Å². The zero-order valence-electron chi connectivity index (χ0n) is 17.6. The SMILES string of the molecule is C[C@@H]1CN(S(=O)(=O)c2ccc(C(=O)Nc3c(C(N)=O)oc4ccccc34)cc2)C[C@@H](C)O1. The molecule has 0 radical (unpaired) electrons. The van der Waals surface area contributed by atoms with Crippen LogP contribution >= 0.6 is 0 Å². The number of para-hydroxylation sites is 1. The predicted octanol–water partition coefficient (Wildman–Crippen LogP) is 2.58. The van der Waals surface area contributed by atoms with E-state index in [0.717, 1.165) is 0 Å². The number of ether oxygens (including phenoxy) is 1. The monoisotopic (exact) mass is 457 g/mol. The average molecular weight is 458 g/mol. The van der Waals surface area contributed by atoms with Gasteiger partial charge in [0, 0.05) is 24.0 Å². The first-order valence-corrected chi connectivity index (χ1v) is 11.5. The number of hydrogen-bond acceptors (Lipinski definition) is 6. The van der Waals surface area contributed by atoms with Gasteiger partial charge < -0.3 is 20.2 Å². The molecular weight excluding hydrogens is 434 g/mol. The largest absolute Gasteiger partial charge is 0.449 e. The number of carbonyl (C=O) groups is 2. The molecule has 0 saturated carbocycles. The van der Waals surface area contributed by atoms with Gasteiger partial charge >= 0.3 is 0 Å². The summed E-state index contributed by atoms with van der Waals surface area (Å²) >= 11 is 0. The van der Waals surface area contributed by atoms with E-state index in [-0.39, 0.29) is 47.2 Å². The van der Waals surface area contributed by atoms with Gasteiger partial charge in [0.05, 0.1) is 17.1 Å². The Hall–Kier alpha value is -3.21. The Balaban J connectivity index is 1.58. The Bertz CT molecular complexity index is 1270. The Kier molecular flexibility index (Phi) is 5.76. The van der Waals surface area contributed by atoms with Crippen LogP contribution in [-0.4, -0.2) is 49.8 Å². The van der Waals surface area contributed by atoms with Crippen molar-refractivity contribution < 1.29 is 27.2 Å². The van der Waals surface area contributed by atoms with Crippen molar-refractivity contribution in [3.63, 3.8) is 0 Å². The number of anilines is 1. The molecule has 168 valence electrons. The van der Waals surface area contributed by atoms with E-state index in [1.54, 1.807) is 24.3 Å². The lowest BCUT2D eigenvalue weighted by molar-refractivity contribution is -0.0440. The summed E-state index contributed by atoms with van der Waals surface area (Å²) in [5.41, 5.74) is 6.18. The number of nitrogens with one attached hydrogen (secondary N) is 1. The van der Waals surface area contributed by atoms with Gasteiger partial charge in [-0.2, -0.15) is 4.31 Å². The number of fused-ring (bicyclic) bond motifs is 1. The summed E-state index contributed by atoms with van der Waals surface area (Å²) in [6, 6.07) is 12.4. The van der Waals surface area contributed by atoms with Gasteiger partial charge in [0.25, 0.3) is 11.8 Å². The zero-order chi connectivity index (χ0) is 23.0. The van der Waals surface area contributed by atoms with Gasteiger partial charge in [-0.05, 0) is 50.2 Å². The fraction of sp³-hybridized carbons (Fsp3) is 0.273. The summed E-state index contributed by atoms with van der Waals surface area (Å²) in [7, 11) is -3.72. The Labute approximate surface area is 185 Å². The minimum absolute atomic E-state index is 0.0851. The maximum absolute atomic E-state index is 13.0. The van der Waals surface area contributed by atoms with E-state index in [4.69, 9.17) is 14.9 Å². The molecule has 1 saturated heterocycles. The highest BCUT2D eigenvalue weighted by atomic mass is 32.2. The molecule has 0 unspecified atom stereocenters. The highest BCUT2D eigenvalue weighted by molar-refractivity contribution is 7.89. The van der Waals surface area contributed by atoms with Crippen LogP contribution in [0.5, 0.6) is 0 Å². The van der Waals surface area contributed by atoms with E-state index in [1.165, 1.54) is 28.6 Å². The van der Waals surface area contributed by atoms with Crippen molar-refractivity contribution >= 4 is 38.5 Å². The smallest absolute Gasteiger partial charge is 0.286 e. The minimum atomic E-state index is -3.72. The molecule has 0 bridgehead atoms. The van der Waals surface area contributed by atoms with E-state index < -0.39 is 21.8 Å². The first-order chi connectivity index (χ1) is 15.2. The third kappa shape index (κ3) is 4.12. The highest BCUT2D eigenvalue weighted by Crippen LogP contribution is 2.31. The fourth-order valence-electron chi connectivity index (χ4n) is 3.78. The molecule has 3 aromatic rings. The molecule has 1 aliphatic heterocycles. The lowest BCUT2D eigenvalue weighted by atomic mass is 10.2. The summed E-state index contributed by atoms with van der Waals surface area (Å²) < 4.78 is 38.4. The average Bonchev–Trinajstić information content (AvgIpc) is 3.12. The number of furan rings is 1. The number of rotatable bonds is 5. The molecule has 2 atom stereocenters. The molecular formula is C22H23N3O6S.